The number of aryl methyl sites for hydroxylation is 1. The highest BCUT2D eigenvalue weighted by atomic mass is 32.1. The van der Waals surface area contributed by atoms with Crippen molar-refractivity contribution in [2.75, 3.05) is 17.7 Å². The van der Waals surface area contributed by atoms with E-state index < -0.39 is 6.03 Å². The molecule has 0 radical (unpaired) electrons. The minimum absolute atomic E-state index is 0.111. The SMILES string of the molecule is COc1cccc(NC(=O)Nc2nc3c(s2)C(=O)CCC3)c1. The summed E-state index contributed by atoms with van der Waals surface area (Å²) in [5.41, 5.74) is 1.41. The number of ketones is 1. The number of amides is 2. The number of carbonyl (C=O) groups is 2. The third-order valence-corrected chi connectivity index (χ3v) is 4.37. The summed E-state index contributed by atoms with van der Waals surface area (Å²) in [5.74, 6) is 0.771. The molecule has 2 amide bonds. The van der Waals surface area contributed by atoms with Gasteiger partial charge >= 0.3 is 6.03 Å². The molecule has 7 heteroatoms. The molecule has 22 heavy (non-hydrogen) atoms. The summed E-state index contributed by atoms with van der Waals surface area (Å²) in [4.78, 5) is 28.8. The quantitative estimate of drug-likeness (QED) is 0.910. The molecule has 0 fully saturated rings. The van der Waals surface area contributed by atoms with Gasteiger partial charge in [0.1, 0.15) is 5.75 Å². The van der Waals surface area contributed by atoms with Crippen molar-refractivity contribution >= 4 is 34.0 Å². The van der Waals surface area contributed by atoms with E-state index >= 15 is 0 Å². The number of Topliss-reactive ketones (excluding diaryl/α,β-unsaturated/α-hetero) is 1. The minimum Gasteiger partial charge on any atom is -0.497 e. The number of aromatic nitrogens is 1. The van der Waals surface area contributed by atoms with Gasteiger partial charge in [0.2, 0.25) is 0 Å². The van der Waals surface area contributed by atoms with E-state index in [-0.39, 0.29) is 5.78 Å². The van der Waals surface area contributed by atoms with Crippen molar-refractivity contribution in [3.8, 4) is 5.75 Å². The Balaban J connectivity index is 1.68. The molecule has 1 aliphatic carbocycles. The molecule has 0 atom stereocenters. The summed E-state index contributed by atoms with van der Waals surface area (Å²) >= 11 is 1.23. The van der Waals surface area contributed by atoms with E-state index in [1.807, 2.05) is 0 Å². The van der Waals surface area contributed by atoms with Gasteiger partial charge in [-0.1, -0.05) is 17.4 Å². The smallest absolute Gasteiger partial charge is 0.325 e. The summed E-state index contributed by atoms with van der Waals surface area (Å²) in [6, 6.07) is 6.67. The monoisotopic (exact) mass is 317 g/mol. The van der Waals surface area contributed by atoms with Crippen molar-refractivity contribution in [2.45, 2.75) is 19.3 Å². The van der Waals surface area contributed by atoms with Crippen LogP contribution in [0.1, 0.15) is 28.2 Å². The van der Waals surface area contributed by atoms with Gasteiger partial charge in [-0.25, -0.2) is 9.78 Å². The van der Waals surface area contributed by atoms with Crippen molar-refractivity contribution in [3.63, 3.8) is 0 Å². The number of methoxy groups -OCH3 is 1. The molecule has 2 N–H and O–H groups in total. The lowest BCUT2D eigenvalue weighted by atomic mass is 10.0. The molecule has 0 spiro atoms. The Morgan fingerprint density at radius 3 is 2.95 bits per heavy atom. The Hall–Kier alpha value is -2.41. The van der Waals surface area contributed by atoms with E-state index in [1.54, 1.807) is 31.4 Å². The van der Waals surface area contributed by atoms with E-state index in [4.69, 9.17) is 4.74 Å². The maximum Gasteiger partial charge on any atom is 0.325 e. The average Bonchev–Trinajstić information content (AvgIpc) is 2.91. The van der Waals surface area contributed by atoms with Crippen LogP contribution in [0.4, 0.5) is 15.6 Å². The van der Waals surface area contributed by atoms with Gasteiger partial charge in [-0.3, -0.25) is 10.1 Å². The van der Waals surface area contributed by atoms with Crippen molar-refractivity contribution in [1.29, 1.82) is 0 Å². The molecule has 114 valence electrons. The zero-order valence-corrected chi connectivity index (χ0v) is 12.8. The van der Waals surface area contributed by atoms with E-state index in [0.717, 1.165) is 18.5 Å². The van der Waals surface area contributed by atoms with Crippen LogP contribution in [0.15, 0.2) is 24.3 Å². The number of thiazole rings is 1. The largest absolute Gasteiger partial charge is 0.497 e. The number of nitrogens with one attached hydrogen (secondary N) is 2. The molecular weight excluding hydrogens is 302 g/mol. The number of carbonyl (C=O) groups excluding carboxylic acids is 2. The van der Waals surface area contributed by atoms with Crippen LogP contribution >= 0.6 is 11.3 Å². The number of fused-ring (bicyclic) bond motifs is 1. The Morgan fingerprint density at radius 2 is 2.18 bits per heavy atom. The lowest BCUT2D eigenvalue weighted by molar-refractivity contribution is 0.0976. The van der Waals surface area contributed by atoms with Crippen LogP contribution in [0.25, 0.3) is 0 Å². The van der Waals surface area contributed by atoms with Crippen molar-refractivity contribution < 1.29 is 14.3 Å². The van der Waals surface area contributed by atoms with Crippen molar-refractivity contribution in [1.82, 2.24) is 4.98 Å². The molecule has 0 saturated heterocycles. The molecule has 1 aliphatic rings. The standard InChI is InChI=1S/C15H15N3O3S/c1-21-10-5-2-4-9(8-10)16-14(20)18-15-17-11-6-3-7-12(19)13(11)22-15/h2,4-5,8H,3,6-7H2,1H3,(H2,16,17,18,20). The number of hydrogen-bond acceptors (Lipinski definition) is 5. The summed E-state index contributed by atoms with van der Waals surface area (Å²) in [7, 11) is 1.57. The average molecular weight is 317 g/mol. The first-order valence-electron chi connectivity index (χ1n) is 6.90. The molecule has 1 aromatic carbocycles. The normalized spacial score (nSPS) is 13.4. The van der Waals surface area contributed by atoms with E-state index in [9.17, 15) is 9.59 Å². The number of nitrogens with zero attached hydrogens (tertiary/aromatic N) is 1. The summed E-state index contributed by atoms with van der Waals surface area (Å²) in [6.07, 6.45) is 2.17. The Labute approximate surface area is 131 Å². The highest BCUT2D eigenvalue weighted by Gasteiger charge is 2.22. The molecule has 6 nitrogen and oxygen atoms in total. The van der Waals surface area contributed by atoms with Crippen molar-refractivity contribution in [2.24, 2.45) is 0 Å². The highest BCUT2D eigenvalue weighted by Crippen LogP contribution is 2.29. The van der Waals surface area contributed by atoms with E-state index in [0.29, 0.717) is 27.9 Å². The van der Waals surface area contributed by atoms with Crippen LogP contribution in [0, 0.1) is 0 Å². The number of benzene rings is 1. The summed E-state index contributed by atoms with van der Waals surface area (Å²) in [6.45, 7) is 0. The third kappa shape index (κ3) is 3.09. The zero-order valence-electron chi connectivity index (χ0n) is 12.0. The van der Waals surface area contributed by atoms with Gasteiger partial charge in [0.15, 0.2) is 10.9 Å². The van der Waals surface area contributed by atoms with Crippen LogP contribution in [-0.2, 0) is 6.42 Å². The number of hydrogen-bond donors (Lipinski definition) is 2. The predicted octanol–water partition coefficient (Wildman–Crippen LogP) is 3.31. The molecule has 1 heterocycles. The maximum atomic E-state index is 12.0. The van der Waals surface area contributed by atoms with Crippen LogP contribution in [-0.4, -0.2) is 23.9 Å². The fraction of sp³-hybridized carbons (Fsp3) is 0.267. The lowest BCUT2D eigenvalue weighted by Crippen LogP contribution is -2.19. The second-order valence-electron chi connectivity index (χ2n) is 4.88. The predicted molar refractivity (Wildman–Crippen MR) is 85.0 cm³/mol. The number of urea groups is 1. The van der Waals surface area contributed by atoms with Crippen LogP contribution in [0.2, 0.25) is 0 Å². The van der Waals surface area contributed by atoms with Gasteiger partial charge in [-0.15, -0.1) is 0 Å². The minimum atomic E-state index is -0.396. The first-order valence-corrected chi connectivity index (χ1v) is 7.72. The van der Waals surface area contributed by atoms with Gasteiger partial charge in [0.05, 0.1) is 17.7 Å². The third-order valence-electron chi connectivity index (χ3n) is 3.32. The molecule has 0 unspecified atom stereocenters. The number of anilines is 2. The fourth-order valence-corrected chi connectivity index (χ4v) is 3.26. The first kappa shape index (κ1) is 14.5. The molecule has 1 aromatic heterocycles. The van der Waals surface area contributed by atoms with Gasteiger partial charge < -0.3 is 10.1 Å². The lowest BCUT2D eigenvalue weighted by Gasteiger charge is -2.06. The Kier molecular flexibility index (Phi) is 4.06. The topological polar surface area (TPSA) is 80.3 Å². The Morgan fingerprint density at radius 1 is 1.32 bits per heavy atom. The number of ether oxygens (including phenoxy) is 1. The molecule has 2 aromatic rings. The van der Waals surface area contributed by atoms with Crippen LogP contribution in [0.3, 0.4) is 0 Å². The highest BCUT2D eigenvalue weighted by molar-refractivity contribution is 7.17. The molecule has 0 saturated carbocycles. The zero-order chi connectivity index (χ0) is 15.5. The number of rotatable bonds is 3. The van der Waals surface area contributed by atoms with Crippen LogP contribution in [0.5, 0.6) is 5.75 Å². The van der Waals surface area contributed by atoms with E-state index in [2.05, 4.69) is 15.6 Å². The molecular formula is C15H15N3O3S. The molecule has 0 bridgehead atoms. The van der Waals surface area contributed by atoms with Gasteiger partial charge in [0, 0.05) is 18.2 Å². The molecule has 3 rings (SSSR count). The van der Waals surface area contributed by atoms with Gasteiger partial charge in [-0.2, -0.15) is 0 Å². The second-order valence-corrected chi connectivity index (χ2v) is 5.88. The van der Waals surface area contributed by atoms with Gasteiger partial charge in [0.25, 0.3) is 0 Å². The van der Waals surface area contributed by atoms with Crippen molar-refractivity contribution in [3.05, 3.63) is 34.8 Å². The fourth-order valence-electron chi connectivity index (χ4n) is 2.28. The first-order chi connectivity index (χ1) is 10.7. The second kappa shape index (κ2) is 6.15. The maximum absolute atomic E-state index is 12.0. The van der Waals surface area contributed by atoms with Crippen LogP contribution < -0.4 is 15.4 Å². The van der Waals surface area contributed by atoms with E-state index in [1.165, 1.54) is 11.3 Å². The molecule has 0 aliphatic heterocycles. The van der Waals surface area contributed by atoms with Gasteiger partial charge in [-0.05, 0) is 25.0 Å². The summed E-state index contributed by atoms with van der Waals surface area (Å²) < 4.78 is 5.10. The summed E-state index contributed by atoms with van der Waals surface area (Å²) in [5, 5.41) is 5.82. The Bertz CT molecular complexity index is 727.